The number of halogens is 1. The highest BCUT2D eigenvalue weighted by atomic mass is 79.9. The van der Waals surface area contributed by atoms with Crippen LogP contribution >= 0.6 is 15.9 Å². The predicted octanol–water partition coefficient (Wildman–Crippen LogP) is 4.51. The number of carbonyl (C=O) groups is 1. The van der Waals surface area contributed by atoms with E-state index in [2.05, 4.69) is 36.7 Å². The fraction of sp³-hybridized carbons (Fsp3) is 0.917. The molecule has 0 spiro atoms. The highest BCUT2D eigenvalue weighted by Crippen LogP contribution is 2.28. The number of esters is 1. The van der Waals surface area contributed by atoms with E-state index in [1.807, 2.05) is 13.8 Å². The van der Waals surface area contributed by atoms with Gasteiger partial charge in [0.05, 0.1) is 5.41 Å². The monoisotopic (exact) mass is 280 g/mol. The zero-order valence-electron chi connectivity index (χ0n) is 10.7. The third-order valence-corrected chi connectivity index (χ3v) is 2.49. The summed E-state index contributed by atoms with van der Waals surface area (Å²) in [6.45, 7) is 10.3. The highest BCUT2D eigenvalue weighted by molar-refractivity contribution is 9.09. The van der Waals surface area contributed by atoms with Gasteiger partial charge in [0.2, 0.25) is 0 Å². The first-order valence-corrected chi connectivity index (χ1v) is 6.87. The van der Waals surface area contributed by atoms with Gasteiger partial charge in [-0.3, -0.25) is 4.79 Å². The molecule has 0 N–H and O–H groups in total. The molecule has 15 heavy (non-hydrogen) atoms. The molecule has 0 radical (unpaired) electrons. The van der Waals surface area contributed by atoms with E-state index in [0.29, 0.717) is 5.52 Å². The molecule has 0 aromatic carbocycles. The van der Waals surface area contributed by atoms with Gasteiger partial charge < -0.3 is 4.74 Å². The quantitative estimate of drug-likeness (QED) is 0.547. The van der Waals surface area contributed by atoms with Crippen molar-refractivity contribution in [3.63, 3.8) is 0 Å². The molecular weight excluding hydrogens is 256 g/mol. The summed E-state index contributed by atoms with van der Waals surface area (Å²) in [6.07, 6.45) is 4.00. The van der Waals surface area contributed by atoms with Crippen LogP contribution in [-0.4, -0.2) is 11.5 Å². The van der Waals surface area contributed by atoms with Crippen LogP contribution in [0.15, 0.2) is 0 Å². The lowest BCUT2D eigenvalue weighted by atomic mass is 9.83. The molecule has 0 amide bonds. The first-order chi connectivity index (χ1) is 7.02. The summed E-state index contributed by atoms with van der Waals surface area (Å²) in [6, 6.07) is 0. The molecule has 0 aromatic rings. The van der Waals surface area contributed by atoms with Gasteiger partial charge in [-0.05, 0) is 35.7 Å². The molecule has 0 aliphatic rings. The van der Waals surface area contributed by atoms with Gasteiger partial charge in [-0.1, -0.05) is 40.5 Å². The number of rotatable bonds is 5. The van der Waals surface area contributed by atoms with Crippen molar-refractivity contribution in [3.05, 3.63) is 0 Å². The van der Waals surface area contributed by atoms with Crippen LogP contribution in [0, 0.1) is 5.41 Å². The summed E-state index contributed by atoms with van der Waals surface area (Å²) in [5, 5.41) is 0. The second-order valence-electron chi connectivity index (χ2n) is 3.91. The minimum atomic E-state index is -0.289. The van der Waals surface area contributed by atoms with Crippen LogP contribution in [0.3, 0.4) is 0 Å². The van der Waals surface area contributed by atoms with Crippen molar-refractivity contribution in [1.82, 2.24) is 0 Å². The Bertz CT molecular complexity index is 160. The molecule has 0 fully saturated rings. The largest absolute Gasteiger partial charge is 0.454 e. The van der Waals surface area contributed by atoms with Gasteiger partial charge in [-0.25, -0.2) is 0 Å². The minimum absolute atomic E-state index is 0.0938. The SMILES string of the molecule is CCC.CCCC(C)(CC)C(=O)OCBr. The van der Waals surface area contributed by atoms with Crippen LogP contribution in [0.2, 0.25) is 0 Å². The maximum atomic E-state index is 11.4. The van der Waals surface area contributed by atoms with Gasteiger partial charge in [0, 0.05) is 0 Å². The molecule has 0 heterocycles. The van der Waals surface area contributed by atoms with Crippen LogP contribution in [0.25, 0.3) is 0 Å². The van der Waals surface area contributed by atoms with Crippen LogP contribution in [0.4, 0.5) is 0 Å². The predicted molar refractivity (Wildman–Crippen MR) is 69.2 cm³/mol. The van der Waals surface area contributed by atoms with E-state index in [4.69, 9.17) is 4.74 Å². The van der Waals surface area contributed by atoms with Crippen molar-refractivity contribution in [1.29, 1.82) is 0 Å². The van der Waals surface area contributed by atoms with E-state index in [0.717, 1.165) is 19.3 Å². The molecule has 3 heteroatoms. The summed E-state index contributed by atoms with van der Waals surface area (Å²) in [5.74, 6) is -0.0938. The second-order valence-corrected chi connectivity index (χ2v) is 4.37. The van der Waals surface area contributed by atoms with Crippen molar-refractivity contribution in [2.24, 2.45) is 5.41 Å². The summed E-state index contributed by atoms with van der Waals surface area (Å²) in [5.41, 5.74) is 0.00760. The van der Waals surface area contributed by atoms with Gasteiger partial charge in [-0.15, -0.1) is 0 Å². The first kappa shape index (κ1) is 17.3. The average molecular weight is 281 g/mol. The molecule has 0 saturated heterocycles. The van der Waals surface area contributed by atoms with Gasteiger partial charge in [-0.2, -0.15) is 0 Å². The third kappa shape index (κ3) is 7.83. The first-order valence-electron chi connectivity index (χ1n) is 5.75. The van der Waals surface area contributed by atoms with E-state index in [9.17, 15) is 4.79 Å². The maximum absolute atomic E-state index is 11.4. The smallest absolute Gasteiger partial charge is 0.312 e. The number of ether oxygens (including phenoxy) is 1. The van der Waals surface area contributed by atoms with Crippen molar-refractivity contribution in [2.75, 3.05) is 5.52 Å². The van der Waals surface area contributed by atoms with Gasteiger partial charge in [0.1, 0.15) is 5.52 Å². The Labute approximate surface area is 103 Å². The number of hydrogen-bond acceptors (Lipinski definition) is 2. The van der Waals surface area contributed by atoms with E-state index < -0.39 is 0 Å². The van der Waals surface area contributed by atoms with Crippen LogP contribution in [0.5, 0.6) is 0 Å². The molecule has 0 rings (SSSR count). The zero-order valence-corrected chi connectivity index (χ0v) is 12.3. The van der Waals surface area contributed by atoms with Crippen molar-refractivity contribution < 1.29 is 9.53 Å². The Kier molecular flexibility index (Phi) is 12.1. The topological polar surface area (TPSA) is 26.3 Å². The van der Waals surface area contributed by atoms with Gasteiger partial charge in [0.15, 0.2) is 0 Å². The van der Waals surface area contributed by atoms with Crippen LogP contribution in [0.1, 0.15) is 60.3 Å². The lowest BCUT2D eigenvalue weighted by Gasteiger charge is -2.24. The Morgan fingerprint density at radius 3 is 2.00 bits per heavy atom. The van der Waals surface area contributed by atoms with Gasteiger partial charge >= 0.3 is 5.97 Å². The van der Waals surface area contributed by atoms with Crippen molar-refractivity contribution >= 4 is 21.9 Å². The summed E-state index contributed by atoms with van der Waals surface area (Å²) in [4.78, 5) is 11.4. The molecule has 1 atom stereocenters. The van der Waals surface area contributed by atoms with Gasteiger partial charge in [0.25, 0.3) is 0 Å². The lowest BCUT2D eigenvalue weighted by molar-refractivity contribution is -0.153. The van der Waals surface area contributed by atoms with Crippen molar-refractivity contribution in [2.45, 2.75) is 60.3 Å². The molecule has 0 saturated carbocycles. The number of alkyl halides is 1. The Morgan fingerprint density at radius 2 is 1.73 bits per heavy atom. The Balaban J connectivity index is 0. The van der Waals surface area contributed by atoms with Crippen LogP contribution in [-0.2, 0) is 9.53 Å². The fourth-order valence-corrected chi connectivity index (χ4v) is 1.41. The molecule has 92 valence electrons. The summed E-state index contributed by atoms with van der Waals surface area (Å²) in [7, 11) is 0. The molecule has 0 bridgehead atoms. The maximum Gasteiger partial charge on any atom is 0.312 e. The third-order valence-electron chi connectivity index (χ3n) is 2.26. The van der Waals surface area contributed by atoms with Crippen LogP contribution < -0.4 is 0 Å². The lowest BCUT2D eigenvalue weighted by Crippen LogP contribution is -2.28. The van der Waals surface area contributed by atoms with Crippen molar-refractivity contribution in [3.8, 4) is 0 Å². The molecule has 1 unspecified atom stereocenters. The average Bonchev–Trinajstić information content (AvgIpc) is 2.19. The van der Waals surface area contributed by atoms with E-state index in [-0.39, 0.29) is 11.4 Å². The fourth-order valence-electron chi connectivity index (χ4n) is 1.20. The van der Waals surface area contributed by atoms with E-state index >= 15 is 0 Å². The van der Waals surface area contributed by atoms with E-state index in [1.165, 1.54) is 6.42 Å². The Morgan fingerprint density at radius 1 is 1.27 bits per heavy atom. The normalized spacial score (nSPS) is 13.5. The molecular formula is C12H25BrO2. The molecule has 0 aliphatic carbocycles. The minimum Gasteiger partial charge on any atom is -0.454 e. The zero-order chi connectivity index (χ0) is 12.3. The Hall–Kier alpha value is -0.0500. The molecule has 0 aliphatic heterocycles. The molecule has 2 nitrogen and oxygen atoms in total. The number of hydrogen-bond donors (Lipinski definition) is 0. The summed E-state index contributed by atoms with van der Waals surface area (Å²) >= 11 is 3.08. The second kappa shape index (κ2) is 10.5. The standard InChI is InChI=1S/C9H17BrO2.C3H8/c1-4-6-9(3,5-2)8(11)12-7-10;1-3-2/h4-7H2,1-3H3;3H2,1-2H3. The highest BCUT2D eigenvalue weighted by Gasteiger charge is 2.31. The van der Waals surface area contributed by atoms with E-state index in [1.54, 1.807) is 0 Å². The number of carbonyl (C=O) groups excluding carboxylic acids is 1. The summed E-state index contributed by atoms with van der Waals surface area (Å²) < 4.78 is 4.93. The molecule has 0 aromatic heterocycles.